The van der Waals surface area contributed by atoms with Gasteiger partial charge in [-0.2, -0.15) is 0 Å². The van der Waals surface area contributed by atoms with Gasteiger partial charge in [0.25, 0.3) is 0 Å². The second kappa shape index (κ2) is 7.34. The minimum Gasteiger partial charge on any atom is -0.496 e. The van der Waals surface area contributed by atoms with Crippen LogP contribution >= 0.6 is 0 Å². The fourth-order valence-corrected chi connectivity index (χ4v) is 3.02. The quantitative estimate of drug-likeness (QED) is 0.878. The summed E-state index contributed by atoms with van der Waals surface area (Å²) in [7, 11) is 1.61. The number of halogens is 1. The molecular formula is C19H19FN2O3. The second-order valence-electron chi connectivity index (χ2n) is 5.89. The fraction of sp³-hybridized carbons (Fsp3) is 0.263. The van der Waals surface area contributed by atoms with Crippen molar-refractivity contribution >= 4 is 17.5 Å². The van der Waals surface area contributed by atoms with Crippen LogP contribution in [0.1, 0.15) is 23.5 Å². The maximum absolute atomic E-state index is 13.3. The van der Waals surface area contributed by atoms with Gasteiger partial charge in [0.1, 0.15) is 11.6 Å². The van der Waals surface area contributed by atoms with Crippen molar-refractivity contribution in [2.45, 2.75) is 18.8 Å². The zero-order valence-corrected chi connectivity index (χ0v) is 13.8. The van der Waals surface area contributed by atoms with Crippen LogP contribution in [-0.2, 0) is 16.0 Å². The maximum Gasteiger partial charge on any atom is 0.228 e. The van der Waals surface area contributed by atoms with Crippen LogP contribution in [0, 0.1) is 5.82 Å². The van der Waals surface area contributed by atoms with Crippen LogP contribution in [-0.4, -0.2) is 25.5 Å². The van der Waals surface area contributed by atoms with Gasteiger partial charge in [-0.15, -0.1) is 0 Å². The molecule has 6 heteroatoms. The molecule has 25 heavy (non-hydrogen) atoms. The molecule has 0 aromatic heterocycles. The summed E-state index contributed by atoms with van der Waals surface area (Å²) < 4.78 is 18.6. The zero-order valence-electron chi connectivity index (χ0n) is 13.8. The Hall–Kier alpha value is -2.89. The lowest BCUT2D eigenvalue weighted by molar-refractivity contribution is -0.126. The Morgan fingerprint density at radius 1 is 1.32 bits per heavy atom. The minimum absolute atomic E-state index is 0.0547. The number of fused-ring (bicyclic) bond motifs is 1. The van der Waals surface area contributed by atoms with E-state index in [1.165, 1.54) is 12.1 Å². The third kappa shape index (κ3) is 3.79. The number of anilines is 1. The van der Waals surface area contributed by atoms with E-state index >= 15 is 0 Å². The Balaban J connectivity index is 1.67. The Morgan fingerprint density at radius 3 is 2.92 bits per heavy atom. The highest BCUT2D eigenvalue weighted by Gasteiger charge is 2.30. The van der Waals surface area contributed by atoms with Crippen molar-refractivity contribution < 1.29 is 18.7 Å². The van der Waals surface area contributed by atoms with Crippen LogP contribution in [0.25, 0.3) is 0 Å². The summed E-state index contributed by atoms with van der Waals surface area (Å²) in [5, 5.41) is 5.47. The van der Waals surface area contributed by atoms with E-state index in [9.17, 15) is 14.0 Å². The molecule has 2 aromatic rings. The van der Waals surface area contributed by atoms with Crippen molar-refractivity contribution in [1.29, 1.82) is 0 Å². The van der Waals surface area contributed by atoms with Crippen LogP contribution in [0.4, 0.5) is 10.1 Å². The zero-order chi connectivity index (χ0) is 17.8. The number of hydrogen-bond donors (Lipinski definition) is 2. The first-order chi connectivity index (χ1) is 12.1. The van der Waals surface area contributed by atoms with Gasteiger partial charge in [-0.05, 0) is 35.7 Å². The van der Waals surface area contributed by atoms with Crippen LogP contribution in [0.2, 0.25) is 0 Å². The van der Waals surface area contributed by atoms with Gasteiger partial charge >= 0.3 is 0 Å². The van der Waals surface area contributed by atoms with E-state index < -0.39 is 11.7 Å². The number of ether oxygens (including phenoxy) is 1. The van der Waals surface area contributed by atoms with Gasteiger partial charge in [-0.1, -0.05) is 24.3 Å². The van der Waals surface area contributed by atoms with E-state index in [1.54, 1.807) is 13.2 Å². The minimum atomic E-state index is -0.609. The molecular weight excluding hydrogens is 323 g/mol. The van der Waals surface area contributed by atoms with E-state index in [0.717, 1.165) is 11.3 Å². The molecule has 1 heterocycles. The van der Waals surface area contributed by atoms with Gasteiger partial charge in [0.05, 0.1) is 13.0 Å². The maximum atomic E-state index is 13.3. The van der Waals surface area contributed by atoms with Gasteiger partial charge in [-0.3, -0.25) is 9.59 Å². The number of methoxy groups -OCH3 is 1. The topological polar surface area (TPSA) is 67.4 Å². The van der Waals surface area contributed by atoms with E-state index in [4.69, 9.17) is 4.74 Å². The average Bonchev–Trinajstić information content (AvgIpc) is 2.60. The Kier molecular flexibility index (Phi) is 4.97. The fourth-order valence-electron chi connectivity index (χ4n) is 3.02. The van der Waals surface area contributed by atoms with E-state index in [-0.39, 0.29) is 18.2 Å². The summed E-state index contributed by atoms with van der Waals surface area (Å²) in [4.78, 5) is 24.3. The molecule has 130 valence electrons. The smallest absolute Gasteiger partial charge is 0.228 e. The van der Waals surface area contributed by atoms with Crippen LogP contribution in [0.3, 0.4) is 0 Å². The predicted molar refractivity (Wildman–Crippen MR) is 92.1 cm³/mol. The molecule has 1 atom stereocenters. The molecule has 0 bridgehead atoms. The van der Waals surface area contributed by atoms with E-state index in [1.807, 2.05) is 24.3 Å². The van der Waals surface area contributed by atoms with Crippen molar-refractivity contribution in [3.05, 3.63) is 59.4 Å². The lowest BCUT2D eigenvalue weighted by Crippen LogP contribution is -2.36. The molecule has 0 aliphatic carbocycles. The molecule has 0 spiro atoms. The summed E-state index contributed by atoms with van der Waals surface area (Å²) in [6.07, 6.45) is 0.671. The highest BCUT2D eigenvalue weighted by Crippen LogP contribution is 2.32. The van der Waals surface area contributed by atoms with Crippen molar-refractivity contribution in [2.24, 2.45) is 0 Å². The number of rotatable bonds is 5. The highest BCUT2D eigenvalue weighted by molar-refractivity contribution is 6.01. The van der Waals surface area contributed by atoms with Crippen molar-refractivity contribution in [2.75, 3.05) is 19.0 Å². The first kappa shape index (κ1) is 17.0. The van der Waals surface area contributed by atoms with Crippen LogP contribution in [0.15, 0.2) is 42.5 Å². The van der Waals surface area contributed by atoms with E-state index in [0.29, 0.717) is 24.2 Å². The Bertz CT molecular complexity index is 807. The third-order valence-electron chi connectivity index (χ3n) is 4.26. The molecule has 0 fully saturated rings. The molecule has 1 aliphatic rings. The lowest BCUT2D eigenvalue weighted by atomic mass is 9.89. The summed E-state index contributed by atoms with van der Waals surface area (Å²) >= 11 is 0. The predicted octanol–water partition coefficient (Wildman–Crippen LogP) is 2.62. The molecule has 0 unspecified atom stereocenters. The largest absolute Gasteiger partial charge is 0.496 e. The van der Waals surface area contributed by atoms with Gasteiger partial charge in [0.15, 0.2) is 0 Å². The SMILES string of the molecule is COc1ccccc1CCNC(=O)[C@H]1CC(=O)Nc2cc(F)ccc21. The molecule has 1 aliphatic heterocycles. The second-order valence-corrected chi connectivity index (χ2v) is 5.89. The Morgan fingerprint density at radius 2 is 2.12 bits per heavy atom. The molecule has 0 saturated carbocycles. The molecule has 5 nitrogen and oxygen atoms in total. The van der Waals surface area contributed by atoms with Crippen LogP contribution < -0.4 is 15.4 Å². The van der Waals surface area contributed by atoms with Gasteiger partial charge in [-0.25, -0.2) is 4.39 Å². The van der Waals surface area contributed by atoms with Gasteiger partial charge in [0, 0.05) is 18.7 Å². The first-order valence-corrected chi connectivity index (χ1v) is 8.07. The van der Waals surface area contributed by atoms with Crippen molar-refractivity contribution in [3.63, 3.8) is 0 Å². The number of amides is 2. The first-order valence-electron chi connectivity index (χ1n) is 8.07. The summed E-state index contributed by atoms with van der Waals surface area (Å²) in [6.45, 7) is 0.424. The number of nitrogens with one attached hydrogen (secondary N) is 2. The number of para-hydroxylation sites is 1. The van der Waals surface area contributed by atoms with E-state index in [2.05, 4.69) is 10.6 Å². The third-order valence-corrected chi connectivity index (χ3v) is 4.26. The molecule has 2 N–H and O–H groups in total. The van der Waals surface area contributed by atoms with Crippen LogP contribution in [0.5, 0.6) is 5.75 Å². The number of benzene rings is 2. The number of carbonyl (C=O) groups is 2. The number of hydrogen-bond acceptors (Lipinski definition) is 3. The van der Waals surface area contributed by atoms with Crippen molar-refractivity contribution in [3.8, 4) is 5.75 Å². The van der Waals surface area contributed by atoms with Gasteiger partial charge < -0.3 is 15.4 Å². The normalized spacial score (nSPS) is 15.9. The summed E-state index contributed by atoms with van der Waals surface area (Å²) in [5.41, 5.74) is 1.99. The molecule has 2 aromatic carbocycles. The molecule has 3 rings (SSSR count). The summed E-state index contributed by atoms with van der Waals surface area (Å²) in [5.74, 6) is -0.812. The highest BCUT2D eigenvalue weighted by atomic mass is 19.1. The van der Waals surface area contributed by atoms with Crippen molar-refractivity contribution in [1.82, 2.24) is 5.32 Å². The standard InChI is InChI=1S/C19H19FN2O3/c1-25-17-5-3-2-4-12(17)8-9-21-19(24)15-11-18(23)22-16-10-13(20)6-7-14(15)16/h2-7,10,15H,8-9,11H2,1H3,(H,21,24)(H,22,23)/t15-/m0/s1. The monoisotopic (exact) mass is 342 g/mol. The molecule has 0 saturated heterocycles. The average molecular weight is 342 g/mol. The summed E-state index contributed by atoms with van der Waals surface area (Å²) in [6, 6.07) is 11.7. The number of carbonyl (C=O) groups excluding carboxylic acids is 2. The Labute approximate surface area is 145 Å². The molecule has 2 amide bonds. The van der Waals surface area contributed by atoms with Gasteiger partial charge in [0.2, 0.25) is 11.8 Å². The molecule has 0 radical (unpaired) electrons. The lowest BCUT2D eigenvalue weighted by Gasteiger charge is -2.25.